The van der Waals surface area contributed by atoms with Gasteiger partial charge in [0.2, 0.25) is 11.8 Å². The summed E-state index contributed by atoms with van der Waals surface area (Å²) in [4.78, 5) is 23.9. The Morgan fingerprint density at radius 2 is 2.00 bits per heavy atom. The Hall–Kier alpha value is -3.15. The maximum atomic E-state index is 14.8. The van der Waals surface area contributed by atoms with Crippen LogP contribution in [0.15, 0.2) is 24.7 Å². The van der Waals surface area contributed by atoms with E-state index in [0.717, 1.165) is 25.0 Å². The van der Waals surface area contributed by atoms with E-state index in [1.165, 1.54) is 12.5 Å². The Balaban J connectivity index is 1.77. The predicted molar refractivity (Wildman–Crippen MR) is 103 cm³/mol. The van der Waals surface area contributed by atoms with Crippen LogP contribution >= 0.6 is 0 Å². The summed E-state index contributed by atoms with van der Waals surface area (Å²) in [5, 5.41) is 3.38. The molecule has 1 saturated carbocycles. The lowest BCUT2D eigenvalue weighted by Crippen LogP contribution is -2.17. The molecule has 1 aromatic carbocycles. The predicted octanol–water partition coefficient (Wildman–Crippen LogP) is 2.96. The van der Waals surface area contributed by atoms with Crippen LogP contribution in [-0.2, 0) is 10.0 Å². The van der Waals surface area contributed by atoms with Crippen LogP contribution in [-0.4, -0.2) is 41.7 Å². The van der Waals surface area contributed by atoms with Gasteiger partial charge in [-0.25, -0.2) is 31.6 Å². The number of nitrogens with one attached hydrogen (secondary N) is 3. The fraction of sp³-hybridized carbons (Fsp3) is 0.278. The maximum absolute atomic E-state index is 14.8. The quantitative estimate of drug-likeness (QED) is 0.465. The summed E-state index contributed by atoms with van der Waals surface area (Å²) in [6.45, 7) is 0.633. The SMILES string of the molecule is O=C(c1c(F)ccc(NS(=O)(=O)CF)c1F)c1c[nH]c2ncnc(NCC3CC3)c12. The summed E-state index contributed by atoms with van der Waals surface area (Å²) < 4.78 is 66.2. The molecule has 0 radical (unpaired) electrons. The molecule has 0 atom stereocenters. The molecule has 2 heterocycles. The van der Waals surface area contributed by atoms with Crippen LogP contribution in [0.4, 0.5) is 24.7 Å². The largest absolute Gasteiger partial charge is 0.369 e. The number of rotatable bonds is 8. The zero-order valence-electron chi connectivity index (χ0n) is 15.4. The van der Waals surface area contributed by atoms with E-state index in [9.17, 15) is 26.4 Å². The number of H-pyrrole nitrogens is 1. The number of nitrogens with zero attached hydrogens (tertiary/aromatic N) is 2. The third-order valence-electron chi connectivity index (χ3n) is 4.70. The number of fused-ring (bicyclic) bond motifs is 1. The van der Waals surface area contributed by atoms with Gasteiger partial charge in [0.05, 0.1) is 22.2 Å². The van der Waals surface area contributed by atoms with Crippen LogP contribution in [0.2, 0.25) is 0 Å². The van der Waals surface area contributed by atoms with E-state index in [4.69, 9.17) is 0 Å². The standard InChI is InChI=1S/C18H16F3N5O3S/c19-7-30(28,29)26-12-4-3-11(20)14(15(12)21)16(27)10-6-23-18-13(10)17(24-8-25-18)22-5-9-1-2-9/h3-4,6,8-9,26H,1-2,5,7H2,(H2,22,23,24,25). The van der Waals surface area contributed by atoms with Crippen molar-refractivity contribution in [1.82, 2.24) is 15.0 Å². The number of hydrogen-bond acceptors (Lipinski definition) is 6. The number of aromatic nitrogens is 3. The summed E-state index contributed by atoms with van der Waals surface area (Å²) >= 11 is 0. The molecule has 1 aliphatic rings. The van der Waals surface area contributed by atoms with Crippen LogP contribution in [0.25, 0.3) is 11.0 Å². The molecule has 30 heavy (non-hydrogen) atoms. The smallest absolute Gasteiger partial charge is 0.262 e. The van der Waals surface area contributed by atoms with Gasteiger partial charge in [-0.05, 0) is 30.9 Å². The van der Waals surface area contributed by atoms with E-state index >= 15 is 0 Å². The van der Waals surface area contributed by atoms with E-state index < -0.39 is 44.7 Å². The van der Waals surface area contributed by atoms with Gasteiger partial charge in [0, 0.05) is 12.7 Å². The monoisotopic (exact) mass is 439 g/mol. The number of halogens is 3. The highest BCUT2D eigenvalue weighted by Gasteiger charge is 2.27. The molecule has 0 unspecified atom stereocenters. The van der Waals surface area contributed by atoms with Crippen LogP contribution in [0, 0.1) is 17.6 Å². The van der Waals surface area contributed by atoms with Crippen molar-refractivity contribution >= 4 is 38.3 Å². The summed E-state index contributed by atoms with van der Waals surface area (Å²) in [6.07, 6.45) is 4.70. The van der Waals surface area contributed by atoms with Crippen molar-refractivity contribution < 1.29 is 26.4 Å². The number of aromatic amines is 1. The molecule has 1 aliphatic carbocycles. The molecular weight excluding hydrogens is 423 g/mol. The lowest BCUT2D eigenvalue weighted by Gasteiger charge is -2.11. The summed E-state index contributed by atoms with van der Waals surface area (Å²) in [6, 6.07) is -0.303. The third-order valence-corrected chi connectivity index (χ3v) is 5.52. The Morgan fingerprint density at radius 1 is 1.23 bits per heavy atom. The highest BCUT2D eigenvalue weighted by atomic mass is 32.2. The first-order valence-corrected chi connectivity index (χ1v) is 10.6. The molecule has 3 N–H and O–H groups in total. The third kappa shape index (κ3) is 3.82. The molecule has 0 amide bonds. The van der Waals surface area contributed by atoms with Crippen molar-refractivity contribution in [1.29, 1.82) is 0 Å². The van der Waals surface area contributed by atoms with Gasteiger partial charge in [0.15, 0.2) is 5.82 Å². The minimum absolute atomic E-state index is 0.0906. The minimum Gasteiger partial charge on any atom is -0.369 e. The molecule has 0 bridgehead atoms. The Kier molecular flexibility index (Phi) is 5.10. The molecule has 158 valence electrons. The van der Waals surface area contributed by atoms with E-state index in [-0.39, 0.29) is 10.9 Å². The zero-order chi connectivity index (χ0) is 21.5. The fourth-order valence-corrected chi connectivity index (χ4v) is 3.56. The van der Waals surface area contributed by atoms with Gasteiger partial charge < -0.3 is 10.3 Å². The van der Waals surface area contributed by atoms with E-state index in [1.54, 1.807) is 4.72 Å². The lowest BCUT2D eigenvalue weighted by atomic mass is 10.0. The first-order chi connectivity index (χ1) is 14.3. The van der Waals surface area contributed by atoms with Gasteiger partial charge in [-0.15, -0.1) is 0 Å². The number of benzene rings is 1. The Labute approximate surface area is 169 Å². The summed E-state index contributed by atoms with van der Waals surface area (Å²) in [7, 11) is -4.48. The molecule has 2 aromatic heterocycles. The fourth-order valence-electron chi connectivity index (χ4n) is 3.01. The van der Waals surface area contributed by atoms with Crippen LogP contribution in [0.3, 0.4) is 0 Å². The van der Waals surface area contributed by atoms with E-state index in [2.05, 4.69) is 20.3 Å². The van der Waals surface area contributed by atoms with Crippen molar-refractivity contribution in [2.75, 3.05) is 22.6 Å². The highest BCUT2D eigenvalue weighted by Crippen LogP contribution is 2.32. The highest BCUT2D eigenvalue weighted by molar-refractivity contribution is 7.92. The Morgan fingerprint density at radius 3 is 2.70 bits per heavy atom. The number of hydrogen-bond donors (Lipinski definition) is 3. The molecule has 0 saturated heterocycles. The van der Waals surface area contributed by atoms with Crippen LogP contribution < -0.4 is 10.0 Å². The molecule has 0 aliphatic heterocycles. The van der Waals surface area contributed by atoms with Gasteiger partial charge in [-0.1, -0.05) is 0 Å². The molecule has 3 aromatic rings. The van der Waals surface area contributed by atoms with E-state index in [0.29, 0.717) is 23.9 Å². The first-order valence-electron chi connectivity index (χ1n) is 8.96. The van der Waals surface area contributed by atoms with Crippen molar-refractivity contribution in [2.24, 2.45) is 5.92 Å². The van der Waals surface area contributed by atoms with Gasteiger partial charge >= 0.3 is 0 Å². The van der Waals surface area contributed by atoms with Crippen molar-refractivity contribution in [3.05, 3.63) is 47.4 Å². The Bertz CT molecular complexity index is 1240. The zero-order valence-corrected chi connectivity index (χ0v) is 16.2. The topological polar surface area (TPSA) is 117 Å². The molecule has 1 fully saturated rings. The van der Waals surface area contributed by atoms with Gasteiger partial charge in [0.25, 0.3) is 10.0 Å². The van der Waals surface area contributed by atoms with Crippen molar-refractivity contribution in [2.45, 2.75) is 12.8 Å². The second kappa shape index (κ2) is 7.59. The van der Waals surface area contributed by atoms with Gasteiger partial charge in [-0.2, -0.15) is 0 Å². The summed E-state index contributed by atoms with van der Waals surface area (Å²) in [5.74, 6) is -2.84. The molecule has 12 heteroatoms. The lowest BCUT2D eigenvalue weighted by molar-refractivity contribution is 0.103. The summed E-state index contributed by atoms with van der Waals surface area (Å²) in [5.41, 5.74) is -1.51. The van der Waals surface area contributed by atoms with Crippen LogP contribution in [0.1, 0.15) is 28.8 Å². The molecular formula is C18H16F3N5O3S. The first kappa shape index (κ1) is 20.1. The second-order valence-electron chi connectivity index (χ2n) is 6.91. The number of carbonyl (C=O) groups excluding carboxylic acids is 1. The minimum atomic E-state index is -4.48. The number of carbonyl (C=O) groups is 1. The number of sulfonamides is 1. The molecule has 4 rings (SSSR count). The van der Waals surface area contributed by atoms with Crippen LogP contribution in [0.5, 0.6) is 0 Å². The van der Waals surface area contributed by atoms with Gasteiger partial charge in [-0.3, -0.25) is 9.52 Å². The van der Waals surface area contributed by atoms with Crippen molar-refractivity contribution in [3.8, 4) is 0 Å². The average molecular weight is 439 g/mol. The average Bonchev–Trinajstić information content (AvgIpc) is 3.45. The second-order valence-corrected chi connectivity index (χ2v) is 8.56. The number of alkyl halides is 1. The molecule has 8 nitrogen and oxygen atoms in total. The van der Waals surface area contributed by atoms with Crippen molar-refractivity contribution in [3.63, 3.8) is 0 Å². The van der Waals surface area contributed by atoms with Gasteiger partial charge in [0.1, 0.15) is 23.6 Å². The number of ketones is 1. The molecule has 0 spiro atoms. The number of anilines is 2. The van der Waals surface area contributed by atoms with E-state index in [1.807, 2.05) is 0 Å². The normalized spacial score (nSPS) is 14.1. The maximum Gasteiger partial charge on any atom is 0.262 e.